The third kappa shape index (κ3) is 2.15. The van der Waals surface area contributed by atoms with E-state index < -0.39 is 0 Å². The summed E-state index contributed by atoms with van der Waals surface area (Å²) in [6.07, 6.45) is 3.75. The van der Waals surface area contributed by atoms with Crippen LogP contribution in [0.5, 0.6) is 0 Å². The molecular formula is C29H21N3. The molecule has 0 spiro atoms. The Labute approximate surface area is 186 Å². The zero-order chi connectivity index (χ0) is 21.4. The standard InChI is InChI=1S/C29H21N3/c1-29(2)22-10-4-3-8-18(22)20-17-27-21(16-23(20)29)28-26(13-7-15-31-28)32(27)25-12-5-11-24-19(25)9-6-14-30-24/h3-17H,1-2H3. The lowest BCUT2D eigenvalue weighted by molar-refractivity contribution is 0.661. The molecule has 152 valence electrons. The topological polar surface area (TPSA) is 30.7 Å². The molecule has 6 aromatic rings. The molecule has 1 aliphatic rings. The van der Waals surface area contributed by atoms with Crippen molar-refractivity contribution in [2.75, 3.05) is 0 Å². The molecule has 0 N–H and O–H groups in total. The van der Waals surface area contributed by atoms with Crippen molar-refractivity contribution in [1.29, 1.82) is 0 Å². The van der Waals surface area contributed by atoms with E-state index in [4.69, 9.17) is 4.98 Å². The molecule has 3 aromatic carbocycles. The van der Waals surface area contributed by atoms with E-state index in [0.29, 0.717) is 0 Å². The fourth-order valence-corrected chi connectivity index (χ4v) is 5.57. The number of nitrogens with zero attached hydrogens (tertiary/aromatic N) is 3. The van der Waals surface area contributed by atoms with Gasteiger partial charge in [-0.2, -0.15) is 0 Å². The number of fused-ring (bicyclic) bond motifs is 7. The molecule has 7 rings (SSSR count). The molecule has 3 nitrogen and oxygen atoms in total. The van der Waals surface area contributed by atoms with Gasteiger partial charge in [0.05, 0.1) is 27.8 Å². The summed E-state index contributed by atoms with van der Waals surface area (Å²) in [6.45, 7) is 4.65. The van der Waals surface area contributed by atoms with Crippen LogP contribution in [0.3, 0.4) is 0 Å². The van der Waals surface area contributed by atoms with Gasteiger partial charge in [0, 0.05) is 28.6 Å². The molecule has 3 aromatic heterocycles. The number of rotatable bonds is 1. The van der Waals surface area contributed by atoms with Crippen LogP contribution in [0.4, 0.5) is 0 Å². The zero-order valence-corrected chi connectivity index (χ0v) is 18.0. The van der Waals surface area contributed by atoms with E-state index in [2.05, 4.69) is 90.1 Å². The third-order valence-corrected chi connectivity index (χ3v) is 7.09. The molecule has 0 atom stereocenters. The second-order valence-electron chi connectivity index (χ2n) is 9.14. The van der Waals surface area contributed by atoms with Crippen molar-refractivity contribution in [1.82, 2.24) is 14.5 Å². The average molecular weight is 412 g/mol. The first kappa shape index (κ1) is 17.7. The van der Waals surface area contributed by atoms with Gasteiger partial charge in [-0.05, 0) is 70.8 Å². The van der Waals surface area contributed by atoms with Crippen molar-refractivity contribution < 1.29 is 0 Å². The van der Waals surface area contributed by atoms with Gasteiger partial charge in [-0.15, -0.1) is 0 Å². The van der Waals surface area contributed by atoms with E-state index in [9.17, 15) is 0 Å². The van der Waals surface area contributed by atoms with Crippen LogP contribution in [-0.4, -0.2) is 14.5 Å². The SMILES string of the molecule is CC1(C)c2ccccc2-c2cc3c(cc21)c1ncccc1n3-c1cccc2ncccc12. The maximum Gasteiger partial charge on any atom is 0.0963 e. The Bertz CT molecular complexity index is 1700. The molecule has 0 amide bonds. The molecular weight excluding hydrogens is 390 g/mol. The minimum Gasteiger partial charge on any atom is -0.307 e. The van der Waals surface area contributed by atoms with Crippen LogP contribution in [0, 0.1) is 0 Å². The van der Waals surface area contributed by atoms with Gasteiger partial charge in [0.25, 0.3) is 0 Å². The normalized spacial score (nSPS) is 14.2. The van der Waals surface area contributed by atoms with Crippen LogP contribution in [-0.2, 0) is 5.41 Å². The summed E-state index contributed by atoms with van der Waals surface area (Å²) in [5.74, 6) is 0. The average Bonchev–Trinajstić information content (AvgIpc) is 3.27. The van der Waals surface area contributed by atoms with E-state index in [0.717, 1.165) is 27.6 Å². The summed E-state index contributed by atoms with van der Waals surface area (Å²) >= 11 is 0. The smallest absolute Gasteiger partial charge is 0.0963 e. The van der Waals surface area contributed by atoms with E-state index in [1.807, 2.05) is 24.5 Å². The van der Waals surface area contributed by atoms with Crippen LogP contribution in [0.1, 0.15) is 25.0 Å². The fraction of sp³-hybridized carbons (Fsp3) is 0.103. The predicted octanol–water partition coefficient (Wildman–Crippen LogP) is 7.03. The second kappa shape index (κ2) is 6.04. The Balaban J connectivity index is 1.67. The first-order valence-electron chi connectivity index (χ1n) is 11.0. The van der Waals surface area contributed by atoms with Crippen molar-refractivity contribution in [3.63, 3.8) is 0 Å². The summed E-state index contributed by atoms with van der Waals surface area (Å²) in [6, 6.07) is 28.2. The van der Waals surface area contributed by atoms with Gasteiger partial charge in [-0.3, -0.25) is 9.97 Å². The minimum absolute atomic E-state index is 0.0350. The third-order valence-electron chi connectivity index (χ3n) is 7.09. The first-order valence-corrected chi connectivity index (χ1v) is 11.0. The van der Waals surface area contributed by atoms with Crippen molar-refractivity contribution in [3.05, 3.63) is 102 Å². The van der Waals surface area contributed by atoms with E-state index in [1.165, 1.54) is 33.2 Å². The quantitative estimate of drug-likeness (QED) is 0.291. The second-order valence-corrected chi connectivity index (χ2v) is 9.14. The monoisotopic (exact) mass is 411 g/mol. The van der Waals surface area contributed by atoms with Gasteiger partial charge in [-0.25, -0.2) is 0 Å². The largest absolute Gasteiger partial charge is 0.307 e. The number of aromatic nitrogens is 3. The van der Waals surface area contributed by atoms with Gasteiger partial charge >= 0.3 is 0 Å². The highest BCUT2D eigenvalue weighted by atomic mass is 15.0. The van der Waals surface area contributed by atoms with E-state index in [1.54, 1.807) is 0 Å². The van der Waals surface area contributed by atoms with Gasteiger partial charge in [0.15, 0.2) is 0 Å². The van der Waals surface area contributed by atoms with Crippen LogP contribution < -0.4 is 0 Å². The highest BCUT2D eigenvalue weighted by Gasteiger charge is 2.36. The molecule has 0 saturated heterocycles. The lowest BCUT2D eigenvalue weighted by atomic mass is 9.82. The van der Waals surface area contributed by atoms with Gasteiger partial charge < -0.3 is 4.57 Å². The Morgan fingerprint density at radius 2 is 1.50 bits per heavy atom. The molecule has 0 radical (unpaired) electrons. The Kier molecular flexibility index (Phi) is 3.34. The number of benzene rings is 3. The zero-order valence-electron chi connectivity index (χ0n) is 18.0. The summed E-state index contributed by atoms with van der Waals surface area (Å²) in [5.41, 5.74) is 10.8. The Hall–Kier alpha value is -3.98. The van der Waals surface area contributed by atoms with Crippen LogP contribution in [0.2, 0.25) is 0 Å². The van der Waals surface area contributed by atoms with Crippen LogP contribution in [0.15, 0.2) is 91.3 Å². The van der Waals surface area contributed by atoms with Crippen molar-refractivity contribution in [2.45, 2.75) is 19.3 Å². The van der Waals surface area contributed by atoms with E-state index in [-0.39, 0.29) is 5.41 Å². The highest BCUT2D eigenvalue weighted by molar-refractivity contribution is 6.10. The Morgan fingerprint density at radius 1 is 0.656 bits per heavy atom. The molecule has 3 heterocycles. The van der Waals surface area contributed by atoms with E-state index >= 15 is 0 Å². The highest BCUT2D eigenvalue weighted by Crippen LogP contribution is 2.50. The summed E-state index contributed by atoms with van der Waals surface area (Å²) in [5, 5.41) is 2.33. The number of hydrogen-bond donors (Lipinski definition) is 0. The predicted molar refractivity (Wildman–Crippen MR) is 131 cm³/mol. The molecule has 0 aliphatic heterocycles. The van der Waals surface area contributed by atoms with Gasteiger partial charge in [0.2, 0.25) is 0 Å². The molecule has 32 heavy (non-hydrogen) atoms. The van der Waals surface area contributed by atoms with Crippen molar-refractivity contribution in [3.8, 4) is 16.8 Å². The van der Waals surface area contributed by atoms with Gasteiger partial charge in [0.1, 0.15) is 0 Å². The number of hydrogen-bond acceptors (Lipinski definition) is 2. The maximum atomic E-state index is 4.82. The Morgan fingerprint density at radius 3 is 2.44 bits per heavy atom. The summed E-state index contributed by atoms with van der Waals surface area (Å²) in [7, 11) is 0. The molecule has 0 bridgehead atoms. The lowest BCUT2D eigenvalue weighted by Gasteiger charge is -2.21. The lowest BCUT2D eigenvalue weighted by Crippen LogP contribution is -2.14. The number of pyridine rings is 2. The fourth-order valence-electron chi connectivity index (χ4n) is 5.57. The molecule has 0 fully saturated rings. The summed E-state index contributed by atoms with van der Waals surface area (Å²) in [4.78, 5) is 9.41. The molecule has 0 unspecified atom stereocenters. The first-order chi connectivity index (χ1) is 15.6. The molecule has 1 aliphatic carbocycles. The maximum absolute atomic E-state index is 4.82. The van der Waals surface area contributed by atoms with Crippen LogP contribution in [0.25, 0.3) is 49.7 Å². The summed E-state index contributed by atoms with van der Waals surface area (Å²) < 4.78 is 2.36. The molecule has 0 saturated carbocycles. The minimum atomic E-state index is -0.0350. The van der Waals surface area contributed by atoms with Crippen LogP contribution >= 0.6 is 0 Å². The van der Waals surface area contributed by atoms with Gasteiger partial charge in [-0.1, -0.05) is 44.2 Å². The molecule has 3 heteroatoms. The van der Waals surface area contributed by atoms with Crippen molar-refractivity contribution >= 4 is 32.8 Å². The van der Waals surface area contributed by atoms with Crippen molar-refractivity contribution in [2.24, 2.45) is 0 Å².